The van der Waals surface area contributed by atoms with Gasteiger partial charge < -0.3 is 9.47 Å². The van der Waals surface area contributed by atoms with Crippen LogP contribution in [0.3, 0.4) is 0 Å². The lowest BCUT2D eigenvalue weighted by atomic mass is 9.96. The van der Waals surface area contributed by atoms with Crippen LogP contribution in [0.5, 0.6) is 5.75 Å². The Hall–Kier alpha value is -2.50. The summed E-state index contributed by atoms with van der Waals surface area (Å²) >= 11 is 0. The predicted octanol–water partition coefficient (Wildman–Crippen LogP) is 3.59. The fraction of sp³-hybridized carbons (Fsp3) is 0.316. The van der Waals surface area contributed by atoms with Gasteiger partial charge in [0.2, 0.25) is 0 Å². The summed E-state index contributed by atoms with van der Waals surface area (Å²) < 4.78 is 24.0. The number of amides is 1. The summed E-state index contributed by atoms with van der Waals surface area (Å²) in [4.78, 5) is 11.7. The van der Waals surface area contributed by atoms with E-state index in [0.29, 0.717) is 24.5 Å². The molecule has 0 unspecified atom stereocenters. The molecule has 1 amide bonds. The summed E-state index contributed by atoms with van der Waals surface area (Å²) in [6, 6.07) is 11.7. The molecular formula is C19H21BFNO3. The minimum absolute atomic E-state index is 0.0976. The molecule has 0 fully saturated rings. The molecule has 0 spiro atoms. The monoisotopic (exact) mass is 341 g/mol. The van der Waals surface area contributed by atoms with Gasteiger partial charge in [-0.15, -0.1) is 0 Å². The van der Waals surface area contributed by atoms with Gasteiger partial charge in [-0.05, 0) is 44.5 Å². The van der Waals surface area contributed by atoms with Crippen molar-refractivity contribution in [3.63, 3.8) is 0 Å². The quantitative estimate of drug-likeness (QED) is 0.846. The normalized spacial score (nSPS) is 11.0. The lowest BCUT2D eigenvalue weighted by Crippen LogP contribution is -2.27. The zero-order valence-corrected chi connectivity index (χ0v) is 14.6. The zero-order chi connectivity index (χ0) is 18.4. The Morgan fingerprint density at radius 1 is 1.16 bits per heavy atom. The molecule has 0 aliphatic heterocycles. The first kappa shape index (κ1) is 18.8. The topological polar surface area (TPSA) is 47.6 Å². The zero-order valence-electron chi connectivity index (χ0n) is 14.6. The first-order valence-electron chi connectivity index (χ1n) is 8.00. The van der Waals surface area contributed by atoms with Crippen molar-refractivity contribution in [2.24, 2.45) is 0 Å². The summed E-state index contributed by atoms with van der Waals surface area (Å²) in [6.45, 7) is 5.83. The van der Waals surface area contributed by atoms with Crippen LogP contribution in [0.1, 0.15) is 26.3 Å². The molecule has 0 aromatic heterocycles. The molecule has 2 rings (SSSR count). The number of nitrogens with one attached hydrogen (secondary N) is 1. The lowest BCUT2D eigenvalue weighted by Gasteiger charge is -2.19. The first-order valence-corrected chi connectivity index (χ1v) is 8.00. The van der Waals surface area contributed by atoms with Crippen LogP contribution in [0.2, 0.25) is 0 Å². The Bertz CT molecular complexity index is 726. The lowest BCUT2D eigenvalue weighted by molar-refractivity contribution is 0.0636. The van der Waals surface area contributed by atoms with Gasteiger partial charge in [-0.2, -0.15) is 0 Å². The molecule has 2 radical (unpaired) electrons. The Morgan fingerprint density at radius 2 is 1.84 bits per heavy atom. The summed E-state index contributed by atoms with van der Waals surface area (Å²) in [6.07, 6.45) is 0.160. The Labute approximate surface area is 148 Å². The van der Waals surface area contributed by atoms with Crippen molar-refractivity contribution < 1.29 is 18.7 Å². The number of ether oxygens (including phenoxy) is 2. The van der Waals surface area contributed by atoms with Crippen molar-refractivity contribution in [2.75, 3.05) is 11.9 Å². The molecule has 0 bridgehead atoms. The maximum Gasteiger partial charge on any atom is 0.412 e. The fourth-order valence-corrected chi connectivity index (χ4v) is 2.06. The molecule has 6 heteroatoms. The van der Waals surface area contributed by atoms with E-state index >= 15 is 0 Å². The number of carbonyl (C=O) groups excluding carboxylic acids is 1. The molecule has 4 nitrogen and oxygen atoms in total. The third kappa shape index (κ3) is 6.49. The van der Waals surface area contributed by atoms with Gasteiger partial charge in [0, 0.05) is 18.2 Å². The molecule has 2 aromatic carbocycles. The van der Waals surface area contributed by atoms with Gasteiger partial charge in [0.15, 0.2) is 0 Å². The predicted molar refractivity (Wildman–Crippen MR) is 97.3 cm³/mol. The van der Waals surface area contributed by atoms with Crippen molar-refractivity contribution >= 4 is 25.1 Å². The third-order valence-corrected chi connectivity index (χ3v) is 3.23. The van der Waals surface area contributed by atoms with Crippen molar-refractivity contribution in [2.45, 2.75) is 32.8 Å². The molecule has 0 heterocycles. The molecule has 1 N–H and O–H groups in total. The van der Waals surface area contributed by atoms with E-state index in [1.807, 2.05) is 32.9 Å². The van der Waals surface area contributed by atoms with Gasteiger partial charge in [-0.25, -0.2) is 9.18 Å². The van der Waals surface area contributed by atoms with Gasteiger partial charge in [0.1, 0.15) is 25.0 Å². The smallest absolute Gasteiger partial charge is 0.412 e. The van der Waals surface area contributed by atoms with Crippen molar-refractivity contribution in [3.8, 4) is 5.75 Å². The van der Waals surface area contributed by atoms with E-state index in [1.54, 1.807) is 18.2 Å². The highest BCUT2D eigenvalue weighted by molar-refractivity contribution is 6.32. The second-order valence-corrected chi connectivity index (χ2v) is 6.61. The molecule has 0 aliphatic carbocycles. The second kappa shape index (κ2) is 8.05. The number of anilines is 1. The average molecular weight is 341 g/mol. The van der Waals surface area contributed by atoms with Crippen LogP contribution in [0.4, 0.5) is 14.9 Å². The molecular weight excluding hydrogens is 320 g/mol. The Balaban J connectivity index is 1.82. The SMILES string of the molecule is [B]c1ccc(OCCc2ccc(NC(=O)OC(C)(C)C)cc2)cc1F. The van der Waals surface area contributed by atoms with Crippen LogP contribution in [-0.2, 0) is 11.2 Å². The number of halogens is 1. The largest absolute Gasteiger partial charge is 0.493 e. The van der Waals surface area contributed by atoms with Crippen molar-refractivity contribution in [1.29, 1.82) is 0 Å². The molecule has 2 aromatic rings. The number of carbonyl (C=O) groups is 1. The molecule has 25 heavy (non-hydrogen) atoms. The van der Waals surface area contributed by atoms with Crippen LogP contribution in [0.15, 0.2) is 42.5 Å². The average Bonchev–Trinajstić information content (AvgIpc) is 2.51. The van der Waals surface area contributed by atoms with Crippen LogP contribution in [0.25, 0.3) is 0 Å². The van der Waals surface area contributed by atoms with Crippen molar-refractivity contribution in [3.05, 3.63) is 53.8 Å². The van der Waals surface area contributed by atoms with Gasteiger partial charge >= 0.3 is 6.09 Å². The third-order valence-electron chi connectivity index (χ3n) is 3.23. The fourth-order valence-electron chi connectivity index (χ4n) is 2.06. The molecule has 0 aliphatic rings. The highest BCUT2D eigenvalue weighted by atomic mass is 19.1. The van der Waals surface area contributed by atoms with Gasteiger partial charge in [-0.1, -0.05) is 23.7 Å². The number of rotatable bonds is 5. The molecule has 0 saturated carbocycles. The number of hydrogen-bond acceptors (Lipinski definition) is 3. The van der Waals surface area contributed by atoms with E-state index in [2.05, 4.69) is 5.32 Å². The standard InChI is InChI=1S/C19H21BFNO3/c1-19(2,3)25-18(23)22-14-6-4-13(5-7-14)10-11-24-15-8-9-16(20)17(21)12-15/h4-9,12H,10-11H2,1-3H3,(H,22,23). The van der Waals surface area contributed by atoms with Crippen LogP contribution in [-0.4, -0.2) is 26.1 Å². The minimum Gasteiger partial charge on any atom is -0.493 e. The van der Waals surface area contributed by atoms with E-state index in [0.717, 1.165) is 5.56 Å². The maximum atomic E-state index is 13.3. The number of benzene rings is 2. The Kier molecular flexibility index (Phi) is 6.07. The van der Waals surface area contributed by atoms with E-state index in [-0.39, 0.29) is 5.46 Å². The highest BCUT2D eigenvalue weighted by Gasteiger charge is 2.16. The van der Waals surface area contributed by atoms with Crippen LogP contribution < -0.4 is 15.5 Å². The second-order valence-electron chi connectivity index (χ2n) is 6.61. The molecule has 130 valence electrons. The van der Waals surface area contributed by atoms with Gasteiger partial charge in [0.05, 0.1) is 6.61 Å². The highest BCUT2D eigenvalue weighted by Crippen LogP contribution is 2.14. The van der Waals surface area contributed by atoms with Crippen LogP contribution in [0, 0.1) is 5.82 Å². The van der Waals surface area contributed by atoms with E-state index in [1.165, 1.54) is 12.1 Å². The summed E-state index contributed by atoms with van der Waals surface area (Å²) in [5.74, 6) is -0.0509. The van der Waals surface area contributed by atoms with E-state index < -0.39 is 17.5 Å². The summed E-state index contributed by atoms with van der Waals surface area (Å²) in [7, 11) is 5.42. The molecule has 0 saturated heterocycles. The summed E-state index contributed by atoms with van der Waals surface area (Å²) in [5.41, 5.74) is 1.24. The van der Waals surface area contributed by atoms with Gasteiger partial charge in [-0.3, -0.25) is 5.32 Å². The minimum atomic E-state index is -0.539. The maximum absolute atomic E-state index is 13.3. The first-order chi connectivity index (χ1) is 11.7. The van der Waals surface area contributed by atoms with Crippen molar-refractivity contribution in [1.82, 2.24) is 0 Å². The summed E-state index contributed by atoms with van der Waals surface area (Å²) in [5, 5.41) is 2.67. The molecule has 0 atom stereocenters. The van der Waals surface area contributed by atoms with Gasteiger partial charge in [0.25, 0.3) is 0 Å². The Morgan fingerprint density at radius 3 is 2.44 bits per heavy atom. The van der Waals surface area contributed by atoms with E-state index in [4.69, 9.17) is 17.3 Å². The van der Waals surface area contributed by atoms with Crippen LogP contribution >= 0.6 is 0 Å². The van der Waals surface area contributed by atoms with E-state index in [9.17, 15) is 9.18 Å². The number of hydrogen-bond donors (Lipinski definition) is 1.